The molecule has 2 aliphatic heterocycles. The fourth-order valence-corrected chi connectivity index (χ4v) is 3.98. The first kappa shape index (κ1) is 21.9. The molecule has 1 aromatic carbocycles. The molecule has 0 bridgehead atoms. The number of benzene rings is 1. The van der Waals surface area contributed by atoms with E-state index in [1.807, 2.05) is 0 Å². The van der Waals surface area contributed by atoms with Crippen LogP contribution in [0.2, 0.25) is 0 Å². The van der Waals surface area contributed by atoms with E-state index in [0.29, 0.717) is 32.0 Å². The Kier molecular flexibility index (Phi) is 7.93. The number of nitrogens with one attached hydrogen (secondary N) is 3. The maximum absolute atomic E-state index is 11.6. The van der Waals surface area contributed by atoms with Crippen molar-refractivity contribution in [2.45, 2.75) is 32.7 Å². The lowest BCUT2D eigenvalue weighted by molar-refractivity contribution is -0.122. The maximum Gasteiger partial charge on any atom is 0.239 e. The molecule has 164 valence electrons. The van der Waals surface area contributed by atoms with Crippen molar-refractivity contribution in [1.82, 2.24) is 20.9 Å². The van der Waals surface area contributed by atoms with Gasteiger partial charge >= 0.3 is 0 Å². The van der Waals surface area contributed by atoms with E-state index in [9.17, 15) is 9.59 Å². The second-order valence-electron chi connectivity index (χ2n) is 7.92. The smallest absolute Gasteiger partial charge is 0.239 e. The molecule has 0 spiro atoms. The fourth-order valence-electron chi connectivity index (χ4n) is 3.98. The van der Waals surface area contributed by atoms with Crippen LogP contribution in [0.15, 0.2) is 29.3 Å². The summed E-state index contributed by atoms with van der Waals surface area (Å²) in [6.07, 6.45) is 2.63. The third-order valence-corrected chi connectivity index (χ3v) is 5.75. The average molecular weight is 415 g/mol. The largest absolute Gasteiger partial charge is 0.360 e. The van der Waals surface area contributed by atoms with Crippen LogP contribution in [0.5, 0.6) is 0 Å². The van der Waals surface area contributed by atoms with Crippen molar-refractivity contribution in [3.8, 4) is 0 Å². The topological polar surface area (TPSA) is 89.1 Å². The lowest BCUT2D eigenvalue weighted by atomic mass is 9.93. The van der Waals surface area contributed by atoms with E-state index in [4.69, 9.17) is 4.99 Å². The van der Waals surface area contributed by atoms with Crippen molar-refractivity contribution in [2.24, 2.45) is 10.9 Å². The molecule has 3 rings (SSSR count). The lowest BCUT2D eigenvalue weighted by Crippen LogP contribution is -2.47. The Hall–Kier alpha value is -2.77. The molecule has 0 unspecified atom stereocenters. The first-order chi connectivity index (χ1) is 14.6. The highest BCUT2D eigenvalue weighted by molar-refractivity contribution is 5.82. The second-order valence-corrected chi connectivity index (χ2v) is 7.92. The lowest BCUT2D eigenvalue weighted by Gasteiger charge is -2.34. The van der Waals surface area contributed by atoms with Crippen molar-refractivity contribution in [1.29, 1.82) is 0 Å². The molecule has 3 N–H and O–H groups in total. The average Bonchev–Trinajstić information content (AvgIpc) is 2.77. The van der Waals surface area contributed by atoms with Gasteiger partial charge in [-0.25, -0.2) is 4.99 Å². The Balaban J connectivity index is 1.55. The van der Waals surface area contributed by atoms with E-state index in [1.54, 1.807) is 7.05 Å². The molecule has 8 heteroatoms. The van der Waals surface area contributed by atoms with Gasteiger partial charge in [0.05, 0.1) is 13.1 Å². The van der Waals surface area contributed by atoms with E-state index in [1.165, 1.54) is 0 Å². The summed E-state index contributed by atoms with van der Waals surface area (Å²) < 4.78 is 0. The van der Waals surface area contributed by atoms with Crippen LogP contribution < -0.4 is 20.9 Å². The first-order valence-corrected chi connectivity index (χ1v) is 10.9. The van der Waals surface area contributed by atoms with Crippen molar-refractivity contribution in [3.63, 3.8) is 0 Å². The van der Waals surface area contributed by atoms with Gasteiger partial charge in [0.25, 0.3) is 0 Å². The summed E-state index contributed by atoms with van der Waals surface area (Å²) in [6.45, 7) is 7.30. The van der Waals surface area contributed by atoms with Crippen LogP contribution in [-0.2, 0) is 16.1 Å². The Bertz CT molecular complexity index is 740. The van der Waals surface area contributed by atoms with E-state index in [-0.39, 0.29) is 11.8 Å². The first-order valence-electron chi connectivity index (χ1n) is 10.9. The summed E-state index contributed by atoms with van der Waals surface area (Å²) in [5.74, 6) is 1.59. The number of likely N-dealkylation sites (tertiary alicyclic amines) is 1. The molecule has 8 nitrogen and oxygen atoms in total. The van der Waals surface area contributed by atoms with Gasteiger partial charge in [-0.1, -0.05) is 12.1 Å². The molecule has 2 fully saturated rings. The molecule has 0 atom stereocenters. The maximum atomic E-state index is 11.6. The minimum Gasteiger partial charge on any atom is -0.360 e. The standard InChI is InChI=1S/C22H34N6O2/c1-3-24-22(27-11-8-17(9-12-27)14-20(29)23-2)26-15-18-4-6-19(7-5-18)28-13-10-25-21(30)16-28/h4-7,17H,3,8-16H2,1-2H3,(H,23,29)(H,24,26)(H,25,30). The minimum atomic E-state index is 0.0734. The predicted molar refractivity (Wildman–Crippen MR) is 119 cm³/mol. The molecule has 2 amide bonds. The van der Waals surface area contributed by atoms with Crippen LogP contribution in [0, 0.1) is 5.92 Å². The number of anilines is 1. The Morgan fingerprint density at radius 3 is 2.57 bits per heavy atom. The van der Waals surface area contributed by atoms with Gasteiger partial charge in [0.1, 0.15) is 0 Å². The van der Waals surface area contributed by atoms with Gasteiger partial charge in [0.2, 0.25) is 11.8 Å². The number of amides is 2. The SMILES string of the molecule is CCNC(=NCc1ccc(N2CCNC(=O)C2)cc1)N1CCC(CC(=O)NC)CC1. The third-order valence-electron chi connectivity index (χ3n) is 5.75. The molecule has 0 radical (unpaired) electrons. The highest BCUT2D eigenvalue weighted by Crippen LogP contribution is 2.21. The van der Waals surface area contributed by atoms with Crippen molar-refractivity contribution in [2.75, 3.05) is 51.2 Å². The Morgan fingerprint density at radius 2 is 1.93 bits per heavy atom. The predicted octanol–water partition coefficient (Wildman–Crippen LogP) is 0.936. The number of carbonyl (C=O) groups excluding carboxylic acids is 2. The van der Waals surface area contributed by atoms with Crippen LogP contribution in [0.4, 0.5) is 5.69 Å². The van der Waals surface area contributed by atoms with E-state index in [0.717, 1.165) is 56.2 Å². The number of carbonyl (C=O) groups is 2. The van der Waals surface area contributed by atoms with Crippen molar-refractivity contribution < 1.29 is 9.59 Å². The fraction of sp³-hybridized carbons (Fsp3) is 0.591. The summed E-state index contributed by atoms with van der Waals surface area (Å²) in [5.41, 5.74) is 2.22. The van der Waals surface area contributed by atoms with Crippen molar-refractivity contribution >= 4 is 23.5 Å². The molecule has 2 heterocycles. The number of piperazine rings is 1. The van der Waals surface area contributed by atoms with Gasteiger partial charge in [-0.2, -0.15) is 0 Å². The third kappa shape index (κ3) is 6.11. The van der Waals surface area contributed by atoms with E-state index < -0.39 is 0 Å². The van der Waals surface area contributed by atoms with Crippen molar-refractivity contribution in [3.05, 3.63) is 29.8 Å². The molecular formula is C22H34N6O2. The van der Waals surface area contributed by atoms with Gasteiger partial charge in [-0.15, -0.1) is 0 Å². The highest BCUT2D eigenvalue weighted by atomic mass is 16.2. The summed E-state index contributed by atoms with van der Waals surface area (Å²) >= 11 is 0. The summed E-state index contributed by atoms with van der Waals surface area (Å²) in [4.78, 5) is 32.4. The molecule has 0 aromatic heterocycles. The monoisotopic (exact) mass is 414 g/mol. The Labute approximate surface area is 179 Å². The number of guanidine groups is 1. The zero-order valence-corrected chi connectivity index (χ0v) is 18.1. The number of nitrogens with zero attached hydrogens (tertiary/aromatic N) is 3. The number of hydrogen-bond acceptors (Lipinski definition) is 4. The summed E-state index contributed by atoms with van der Waals surface area (Å²) in [5, 5.41) is 8.98. The van der Waals surface area contributed by atoms with E-state index >= 15 is 0 Å². The number of rotatable bonds is 6. The van der Waals surface area contributed by atoms with Gasteiger partial charge < -0.3 is 25.8 Å². The Morgan fingerprint density at radius 1 is 1.20 bits per heavy atom. The van der Waals surface area contributed by atoms with E-state index in [2.05, 4.69) is 56.9 Å². The molecule has 1 aromatic rings. The summed E-state index contributed by atoms with van der Waals surface area (Å²) in [6, 6.07) is 8.32. The van der Waals surface area contributed by atoms with Gasteiger partial charge in [-0.3, -0.25) is 9.59 Å². The zero-order chi connectivity index (χ0) is 21.3. The summed E-state index contributed by atoms with van der Waals surface area (Å²) in [7, 11) is 1.70. The zero-order valence-electron chi connectivity index (χ0n) is 18.1. The molecular weight excluding hydrogens is 380 g/mol. The van der Waals surface area contributed by atoms with Crippen LogP contribution in [0.1, 0.15) is 31.7 Å². The number of piperidine rings is 1. The normalized spacial score (nSPS) is 18.2. The highest BCUT2D eigenvalue weighted by Gasteiger charge is 2.23. The van der Waals surface area contributed by atoms with Gasteiger partial charge in [0, 0.05) is 51.9 Å². The molecule has 2 aliphatic rings. The van der Waals surface area contributed by atoms with Crippen LogP contribution in [-0.4, -0.2) is 69.0 Å². The molecule has 0 aliphatic carbocycles. The number of hydrogen-bond donors (Lipinski definition) is 3. The molecule has 30 heavy (non-hydrogen) atoms. The van der Waals surface area contributed by atoms with Crippen LogP contribution in [0.3, 0.4) is 0 Å². The number of aliphatic imine (C=N–C) groups is 1. The molecule has 0 saturated carbocycles. The van der Waals surface area contributed by atoms with Crippen LogP contribution >= 0.6 is 0 Å². The van der Waals surface area contributed by atoms with Gasteiger partial charge in [0.15, 0.2) is 5.96 Å². The van der Waals surface area contributed by atoms with Crippen LogP contribution in [0.25, 0.3) is 0 Å². The second kappa shape index (κ2) is 10.8. The minimum absolute atomic E-state index is 0.0734. The quantitative estimate of drug-likeness (QED) is 0.476. The van der Waals surface area contributed by atoms with Gasteiger partial charge in [-0.05, 0) is 43.4 Å². The molecule has 2 saturated heterocycles.